The first kappa shape index (κ1) is 12.7. The third kappa shape index (κ3) is 5.33. The normalized spacial score (nSPS) is 21.8. The van der Waals surface area contributed by atoms with Crippen LogP contribution in [-0.2, 0) is 9.84 Å². The van der Waals surface area contributed by atoms with Crippen molar-refractivity contribution in [2.45, 2.75) is 38.6 Å². The van der Waals surface area contributed by atoms with Gasteiger partial charge in [0.1, 0.15) is 9.84 Å². The van der Waals surface area contributed by atoms with Gasteiger partial charge in [0.2, 0.25) is 0 Å². The fraction of sp³-hybridized carbons (Fsp3) is 0.818. The van der Waals surface area contributed by atoms with E-state index in [1.807, 2.05) is 0 Å². The molecule has 0 saturated carbocycles. The SMILES string of the molecule is CCS(=O)(=O)CCCNC1CC=CCC1. The van der Waals surface area contributed by atoms with E-state index in [1.165, 1.54) is 6.42 Å². The first-order chi connectivity index (χ1) is 7.14. The molecule has 1 atom stereocenters. The molecule has 0 spiro atoms. The fourth-order valence-electron chi connectivity index (χ4n) is 1.72. The second kappa shape index (κ2) is 6.28. The van der Waals surface area contributed by atoms with Crippen LogP contribution in [0, 0.1) is 0 Å². The number of hydrogen-bond acceptors (Lipinski definition) is 3. The van der Waals surface area contributed by atoms with Crippen molar-refractivity contribution in [2.75, 3.05) is 18.1 Å². The summed E-state index contributed by atoms with van der Waals surface area (Å²) in [5, 5.41) is 3.40. The molecule has 0 radical (unpaired) electrons. The Labute approximate surface area is 92.9 Å². The Kier molecular flexibility index (Phi) is 5.32. The predicted molar refractivity (Wildman–Crippen MR) is 63.7 cm³/mol. The first-order valence-corrected chi connectivity index (χ1v) is 7.55. The van der Waals surface area contributed by atoms with Crippen molar-refractivity contribution in [3.63, 3.8) is 0 Å². The zero-order chi connectivity index (χ0) is 11.1. The molecule has 1 unspecified atom stereocenters. The Morgan fingerprint density at radius 2 is 2.20 bits per heavy atom. The first-order valence-electron chi connectivity index (χ1n) is 5.73. The lowest BCUT2D eigenvalue weighted by molar-refractivity contribution is 0.474. The molecule has 0 heterocycles. The Morgan fingerprint density at radius 1 is 1.40 bits per heavy atom. The lowest BCUT2D eigenvalue weighted by Gasteiger charge is -2.19. The molecule has 0 aromatic carbocycles. The van der Waals surface area contributed by atoms with Gasteiger partial charge in [-0.1, -0.05) is 19.1 Å². The minimum absolute atomic E-state index is 0.263. The third-order valence-electron chi connectivity index (χ3n) is 2.77. The Bertz CT molecular complexity index is 296. The molecule has 1 rings (SSSR count). The molecule has 4 heteroatoms. The van der Waals surface area contributed by atoms with Crippen molar-refractivity contribution in [1.29, 1.82) is 0 Å². The van der Waals surface area contributed by atoms with Gasteiger partial charge in [-0.2, -0.15) is 0 Å². The van der Waals surface area contributed by atoms with Gasteiger partial charge in [-0.3, -0.25) is 0 Å². The van der Waals surface area contributed by atoms with Gasteiger partial charge >= 0.3 is 0 Å². The van der Waals surface area contributed by atoms with Gasteiger partial charge in [0.15, 0.2) is 0 Å². The summed E-state index contributed by atoms with van der Waals surface area (Å²) in [7, 11) is -2.78. The van der Waals surface area contributed by atoms with E-state index >= 15 is 0 Å². The number of allylic oxidation sites excluding steroid dienone is 1. The number of sulfone groups is 1. The summed E-state index contributed by atoms with van der Waals surface area (Å²) in [4.78, 5) is 0. The van der Waals surface area contributed by atoms with Crippen LogP contribution >= 0.6 is 0 Å². The Balaban J connectivity index is 2.09. The highest BCUT2D eigenvalue weighted by Gasteiger charge is 2.10. The van der Waals surface area contributed by atoms with E-state index in [1.54, 1.807) is 6.92 Å². The summed E-state index contributed by atoms with van der Waals surface area (Å²) in [6.45, 7) is 2.52. The van der Waals surface area contributed by atoms with E-state index in [9.17, 15) is 8.42 Å². The van der Waals surface area contributed by atoms with Gasteiger partial charge in [0.25, 0.3) is 0 Å². The second-order valence-electron chi connectivity index (χ2n) is 4.03. The van der Waals surface area contributed by atoms with Crippen LogP contribution in [0.2, 0.25) is 0 Å². The molecular weight excluding hydrogens is 210 g/mol. The quantitative estimate of drug-likeness (QED) is 0.557. The maximum absolute atomic E-state index is 11.2. The standard InChI is InChI=1S/C11H21NO2S/c1-2-15(13,14)10-6-9-12-11-7-4-3-5-8-11/h3-4,11-12H,2,5-10H2,1H3. The summed E-state index contributed by atoms with van der Waals surface area (Å²) in [6, 6.07) is 0.555. The molecule has 0 aliphatic heterocycles. The molecule has 3 nitrogen and oxygen atoms in total. The maximum Gasteiger partial charge on any atom is 0.150 e. The Morgan fingerprint density at radius 3 is 2.80 bits per heavy atom. The summed E-state index contributed by atoms with van der Waals surface area (Å²) in [6.07, 6.45) is 8.54. The van der Waals surface area contributed by atoms with Crippen molar-refractivity contribution >= 4 is 9.84 Å². The van der Waals surface area contributed by atoms with Crippen LogP contribution < -0.4 is 5.32 Å². The van der Waals surface area contributed by atoms with Crippen molar-refractivity contribution < 1.29 is 8.42 Å². The maximum atomic E-state index is 11.2. The van der Waals surface area contributed by atoms with Crippen LogP contribution in [-0.4, -0.2) is 32.5 Å². The summed E-state index contributed by atoms with van der Waals surface area (Å²) in [5.74, 6) is 0.582. The molecule has 88 valence electrons. The molecule has 15 heavy (non-hydrogen) atoms. The van der Waals surface area contributed by atoms with Crippen LogP contribution in [0.25, 0.3) is 0 Å². The minimum atomic E-state index is -2.78. The number of nitrogens with one attached hydrogen (secondary N) is 1. The van der Waals surface area contributed by atoms with E-state index in [0.29, 0.717) is 11.8 Å². The highest BCUT2D eigenvalue weighted by atomic mass is 32.2. The fourth-order valence-corrected chi connectivity index (χ4v) is 2.59. The van der Waals surface area contributed by atoms with Crippen molar-refractivity contribution in [3.8, 4) is 0 Å². The van der Waals surface area contributed by atoms with Gasteiger partial charge in [-0.05, 0) is 32.2 Å². The van der Waals surface area contributed by atoms with E-state index in [4.69, 9.17) is 0 Å². The van der Waals surface area contributed by atoms with Crippen LogP contribution in [0.5, 0.6) is 0 Å². The van der Waals surface area contributed by atoms with E-state index in [2.05, 4.69) is 17.5 Å². The van der Waals surface area contributed by atoms with E-state index < -0.39 is 9.84 Å². The molecule has 0 bridgehead atoms. The van der Waals surface area contributed by atoms with Crippen molar-refractivity contribution in [2.24, 2.45) is 0 Å². The molecular formula is C11H21NO2S. The minimum Gasteiger partial charge on any atom is -0.314 e. The molecule has 1 aliphatic rings. The monoisotopic (exact) mass is 231 g/mol. The lowest BCUT2D eigenvalue weighted by Crippen LogP contribution is -2.31. The average molecular weight is 231 g/mol. The summed E-state index contributed by atoms with van der Waals surface area (Å²) >= 11 is 0. The highest BCUT2D eigenvalue weighted by Crippen LogP contribution is 2.10. The smallest absolute Gasteiger partial charge is 0.150 e. The molecule has 0 fully saturated rings. The van der Waals surface area contributed by atoms with Gasteiger partial charge in [0, 0.05) is 11.8 Å². The van der Waals surface area contributed by atoms with Gasteiger partial charge < -0.3 is 5.32 Å². The van der Waals surface area contributed by atoms with Crippen LogP contribution in [0.3, 0.4) is 0 Å². The molecule has 0 aromatic rings. The summed E-state index contributed by atoms with van der Waals surface area (Å²) < 4.78 is 22.4. The molecule has 0 amide bonds. The number of rotatable bonds is 6. The lowest BCUT2D eigenvalue weighted by atomic mass is 10.0. The van der Waals surface area contributed by atoms with Gasteiger partial charge in [-0.25, -0.2) is 8.42 Å². The van der Waals surface area contributed by atoms with E-state index in [0.717, 1.165) is 25.8 Å². The molecule has 0 saturated heterocycles. The molecule has 0 aromatic heterocycles. The third-order valence-corrected chi connectivity index (χ3v) is 4.56. The van der Waals surface area contributed by atoms with Crippen LogP contribution in [0.15, 0.2) is 12.2 Å². The molecule has 1 aliphatic carbocycles. The van der Waals surface area contributed by atoms with Gasteiger partial charge in [-0.15, -0.1) is 0 Å². The van der Waals surface area contributed by atoms with Crippen molar-refractivity contribution in [3.05, 3.63) is 12.2 Å². The van der Waals surface area contributed by atoms with Crippen LogP contribution in [0.1, 0.15) is 32.6 Å². The average Bonchev–Trinajstić information content (AvgIpc) is 2.26. The molecule has 1 N–H and O–H groups in total. The van der Waals surface area contributed by atoms with Crippen molar-refractivity contribution in [1.82, 2.24) is 5.32 Å². The topological polar surface area (TPSA) is 46.2 Å². The second-order valence-corrected chi connectivity index (χ2v) is 6.50. The van der Waals surface area contributed by atoms with Gasteiger partial charge in [0.05, 0.1) is 5.75 Å². The highest BCUT2D eigenvalue weighted by molar-refractivity contribution is 7.91. The van der Waals surface area contributed by atoms with Crippen LogP contribution in [0.4, 0.5) is 0 Å². The zero-order valence-electron chi connectivity index (χ0n) is 9.41. The summed E-state index contributed by atoms with van der Waals surface area (Å²) in [5.41, 5.74) is 0. The van der Waals surface area contributed by atoms with E-state index in [-0.39, 0.29) is 5.75 Å². The predicted octanol–water partition coefficient (Wildman–Crippen LogP) is 1.51. The largest absolute Gasteiger partial charge is 0.314 e. The number of hydrogen-bond donors (Lipinski definition) is 1. The Hall–Kier alpha value is -0.350. The zero-order valence-corrected chi connectivity index (χ0v) is 10.2.